The third-order valence-electron chi connectivity index (χ3n) is 3.20. The van der Waals surface area contributed by atoms with E-state index in [1.807, 2.05) is 31.1 Å². The number of amides is 1. The van der Waals surface area contributed by atoms with Gasteiger partial charge in [-0.25, -0.2) is 4.98 Å². The molecule has 1 aromatic heterocycles. The molecule has 0 bridgehead atoms. The average molecular weight is 292 g/mol. The molecule has 5 heteroatoms. The lowest BCUT2D eigenvalue weighted by atomic mass is 10.0. The summed E-state index contributed by atoms with van der Waals surface area (Å²) in [4.78, 5) is 18.5. The van der Waals surface area contributed by atoms with Crippen molar-refractivity contribution in [2.45, 2.75) is 46.3 Å². The molecule has 1 rings (SSSR count). The van der Waals surface area contributed by atoms with E-state index in [9.17, 15) is 4.79 Å². The summed E-state index contributed by atoms with van der Waals surface area (Å²) in [5.41, 5.74) is 1.05. The highest BCUT2D eigenvalue weighted by atomic mass is 16.2. The van der Waals surface area contributed by atoms with E-state index in [1.54, 1.807) is 6.20 Å². The Morgan fingerprint density at radius 1 is 1.29 bits per heavy atom. The minimum absolute atomic E-state index is 0.0434. The topological polar surface area (TPSA) is 57.3 Å². The molecule has 118 valence electrons. The lowest BCUT2D eigenvalue weighted by Crippen LogP contribution is -2.49. The van der Waals surface area contributed by atoms with Crippen molar-refractivity contribution in [1.82, 2.24) is 15.6 Å². The van der Waals surface area contributed by atoms with E-state index in [4.69, 9.17) is 0 Å². The smallest absolute Gasteiger partial charge is 0.237 e. The van der Waals surface area contributed by atoms with Crippen LogP contribution in [0, 0.1) is 5.92 Å². The van der Waals surface area contributed by atoms with Gasteiger partial charge in [-0.3, -0.25) is 4.79 Å². The second-order valence-corrected chi connectivity index (χ2v) is 6.18. The van der Waals surface area contributed by atoms with E-state index in [2.05, 4.69) is 43.3 Å². The highest BCUT2D eigenvalue weighted by molar-refractivity contribution is 5.82. The molecular formula is C16H28N4O. The van der Waals surface area contributed by atoms with Crippen molar-refractivity contribution < 1.29 is 4.79 Å². The zero-order valence-corrected chi connectivity index (χ0v) is 14.0. The molecule has 0 aliphatic rings. The number of pyridine rings is 1. The number of aromatic nitrogens is 1. The van der Waals surface area contributed by atoms with Gasteiger partial charge in [0.25, 0.3) is 0 Å². The van der Waals surface area contributed by atoms with Crippen LogP contribution in [0.2, 0.25) is 0 Å². The molecule has 2 N–H and O–H groups in total. The maximum absolute atomic E-state index is 12.3. The first-order chi connectivity index (χ1) is 9.81. The molecule has 21 heavy (non-hydrogen) atoms. The molecule has 0 aliphatic carbocycles. The minimum atomic E-state index is -0.167. The van der Waals surface area contributed by atoms with Crippen molar-refractivity contribution in [2.75, 3.05) is 19.0 Å². The van der Waals surface area contributed by atoms with Gasteiger partial charge in [-0.15, -0.1) is 0 Å². The number of carbonyl (C=O) groups excluding carboxylic acids is 1. The number of carbonyl (C=O) groups is 1. The number of hydrogen-bond donors (Lipinski definition) is 2. The first-order valence-corrected chi connectivity index (χ1v) is 7.47. The number of nitrogens with zero attached hydrogens (tertiary/aromatic N) is 2. The van der Waals surface area contributed by atoms with Crippen molar-refractivity contribution in [3.63, 3.8) is 0 Å². The third-order valence-corrected chi connectivity index (χ3v) is 3.20. The highest BCUT2D eigenvalue weighted by Crippen LogP contribution is 2.10. The van der Waals surface area contributed by atoms with E-state index in [0.717, 1.165) is 11.4 Å². The molecule has 0 spiro atoms. The quantitative estimate of drug-likeness (QED) is 0.804. The summed E-state index contributed by atoms with van der Waals surface area (Å²) in [7, 11) is 3.90. The van der Waals surface area contributed by atoms with Crippen molar-refractivity contribution in [2.24, 2.45) is 5.92 Å². The second kappa shape index (κ2) is 7.98. The Hall–Kier alpha value is -1.62. The zero-order chi connectivity index (χ0) is 16.0. The molecule has 1 amide bonds. The molecular weight excluding hydrogens is 264 g/mol. The summed E-state index contributed by atoms with van der Waals surface area (Å²) in [6, 6.07) is 4.03. The maximum Gasteiger partial charge on any atom is 0.237 e. The van der Waals surface area contributed by atoms with E-state index in [1.165, 1.54) is 0 Å². The fraction of sp³-hybridized carbons (Fsp3) is 0.625. The Labute approximate surface area is 128 Å². The first kappa shape index (κ1) is 17.4. The van der Waals surface area contributed by atoms with E-state index in [0.29, 0.717) is 6.54 Å². The van der Waals surface area contributed by atoms with Crippen molar-refractivity contribution in [1.29, 1.82) is 0 Å². The van der Waals surface area contributed by atoms with Crippen molar-refractivity contribution >= 4 is 11.7 Å². The van der Waals surface area contributed by atoms with Gasteiger partial charge < -0.3 is 15.5 Å². The Kier molecular flexibility index (Phi) is 6.62. The molecule has 0 saturated carbocycles. The normalized spacial score (nSPS) is 12.6. The van der Waals surface area contributed by atoms with E-state index < -0.39 is 0 Å². The van der Waals surface area contributed by atoms with Crippen LogP contribution >= 0.6 is 0 Å². The van der Waals surface area contributed by atoms with Crippen LogP contribution in [0.3, 0.4) is 0 Å². The summed E-state index contributed by atoms with van der Waals surface area (Å²) >= 11 is 0. The molecule has 1 unspecified atom stereocenters. The number of nitrogens with one attached hydrogen (secondary N) is 2. The fourth-order valence-corrected chi connectivity index (χ4v) is 2.04. The van der Waals surface area contributed by atoms with Gasteiger partial charge in [0.1, 0.15) is 5.82 Å². The van der Waals surface area contributed by atoms with Gasteiger partial charge in [-0.05, 0) is 23.6 Å². The molecule has 5 nitrogen and oxygen atoms in total. The largest absolute Gasteiger partial charge is 0.363 e. The summed E-state index contributed by atoms with van der Waals surface area (Å²) in [5, 5.41) is 6.32. The lowest BCUT2D eigenvalue weighted by molar-refractivity contribution is -0.124. The van der Waals surface area contributed by atoms with Crippen LogP contribution in [0.4, 0.5) is 5.82 Å². The van der Waals surface area contributed by atoms with Crippen LogP contribution in [-0.4, -0.2) is 37.1 Å². The molecule has 0 fully saturated rings. The number of rotatable bonds is 7. The summed E-state index contributed by atoms with van der Waals surface area (Å²) in [6.07, 6.45) is 1.77. The molecule has 1 atom stereocenters. The number of anilines is 1. The van der Waals surface area contributed by atoms with Crippen LogP contribution in [0.1, 0.15) is 33.3 Å². The van der Waals surface area contributed by atoms with Crippen LogP contribution < -0.4 is 15.5 Å². The predicted molar refractivity (Wildman–Crippen MR) is 87.3 cm³/mol. The van der Waals surface area contributed by atoms with Crippen molar-refractivity contribution in [3.8, 4) is 0 Å². The number of hydrogen-bond acceptors (Lipinski definition) is 4. The van der Waals surface area contributed by atoms with Gasteiger partial charge in [0, 0.05) is 32.9 Å². The van der Waals surface area contributed by atoms with Gasteiger partial charge in [0.05, 0.1) is 6.04 Å². The molecule has 0 saturated heterocycles. The average Bonchev–Trinajstić information content (AvgIpc) is 2.42. The lowest BCUT2D eigenvalue weighted by Gasteiger charge is -2.24. The minimum Gasteiger partial charge on any atom is -0.363 e. The fourth-order valence-electron chi connectivity index (χ4n) is 2.04. The van der Waals surface area contributed by atoms with Gasteiger partial charge in [0.2, 0.25) is 5.91 Å². The van der Waals surface area contributed by atoms with Gasteiger partial charge in [-0.2, -0.15) is 0 Å². The Morgan fingerprint density at radius 2 is 1.95 bits per heavy atom. The molecule has 1 aromatic rings. The standard InChI is InChI=1S/C16H28N4O/c1-11(2)15(19-12(3)4)16(21)18-10-13-7-8-17-14(9-13)20(5)6/h7-9,11-12,15,19H,10H2,1-6H3,(H,18,21). The molecule has 0 aromatic carbocycles. The predicted octanol–water partition coefficient (Wildman–Crippen LogP) is 1.79. The Balaban J connectivity index is 2.64. The van der Waals surface area contributed by atoms with Crippen LogP contribution in [0.15, 0.2) is 18.3 Å². The SMILES string of the molecule is CC(C)NC(C(=O)NCc1ccnc(N(C)C)c1)C(C)C. The molecule has 0 aliphatic heterocycles. The van der Waals surface area contributed by atoms with Gasteiger partial charge >= 0.3 is 0 Å². The summed E-state index contributed by atoms with van der Waals surface area (Å²) in [5.74, 6) is 1.19. The highest BCUT2D eigenvalue weighted by Gasteiger charge is 2.22. The van der Waals surface area contributed by atoms with E-state index in [-0.39, 0.29) is 23.9 Å². The summed E-state index contributed by atoms with van der Waals surface area (Å²) < 4.78 is 0. The van der Waals surface area contributed by atoms with Crippen LogP contribution in [0.25, 0.3) is 0 Å². The molecule has 1 heterocycles. The summed E-state index contributed by atoms with van der Waals surface area (Å²) in [6.45, 7) is 8.72. The second-order valence-electron chi connectivity index (χ2n) is 6.18. The van der Waals surface area contributed by atoms with Gasteiger partial charge in [-0.1, -0.05) is 27.7 Å². The monoisotopic (exact) mass is 292 g/mol. The third kappa shape index (κ3) is 5.71. The maximum atomic E-state index is 12.3. The Bertz CT molecular complexity index is 457. The Morgan fingerprint density at radius 3 is 2.48 bits per heavy atom. The molecule has 0 radical (unpaired) electrons. The zero-order valence-electron chi connectivity index (χ0n) is 14.0. The van der Waals surface area contributed by atoms with Crippen molar-refractivity contribution in [3.05, 3.63) is 23.9 Å². The van der Waals surface area contributed by atoms with Gasteiger partial charge in [0.15, 0.2) is 0 Å². The first-order valence-electron chi connectivity index (χ1n) is 7.47. The van der Waals surface area contributed by atoms with Crippen LogP contribution in [0.5, 0.6) is 0 Å². The van der Waals surface area contributed by atoms with E-state index >= 15 is 0 Å². The van der Waals surface area contributed by atoms with Crippen LogP contribution in [-0.2, 0) is 11.3 Å².